The molecule has 0 fully saturated rings. The van der Waals surface area contributed by atoms with Crippen LogP contribution in [0.5, 0.6) is 11.5 Å². The molecule has 0 saturated carbocycles. The molecule has 0 aliphatic carbocycles. The average Bonchev–Trinajstić information content (AvgIpc) is 2.49. The zero-order chi connectivity index (χ0) is 20.8. The highest BCUT2D eigenvalue weighted by Gasteiger charge is 2.25. The smallest absolute Gasteiger partial charge is 0.325 e. The van der Waals surface area contributed by atoms with Crippen molar-refractivity contribution in [1.82, 2.24) is 0 Å². The largest absolute Gasteiger partial charge is 0.504 e. The standard InChI is InChI=1S/C11H15NO5/c1-2-17-11(16)9(12)10(15)6-3-4-7(13)8(14)5-6/h3-5,9-10,13-15H,2,12H2,1H3/i1D3,2D2,3D,4D,5D,9D. The number of phenols is 2. The van der Waals surface area contributed by atoms with Crippen LogP contribution >= 0.6 is 0 Å². The molecule has 94 valence electrons. The molecule has 6 nitrogen and oxygen atoms in total. The molecule has 0 spiro atoms. The van der Waals surface area contributed by atoms with Gasteiger partial charge in [-0.1, -0.05) is 6.04 Å². The molecule has 0 aromatic heterocycles. The lowest BCUT2D eigenvalue weighted by atomic mass is 10.0. The van der Waals surface area contributed by atoms with Crippen LogP contribution in [0.3, 0.4) is 0 Å². The Labute approximate surface area is 111 Å². The van der Waals surface area contributed by atoms with Crippen molar-refractivity contribution in [2.45, 2.75) is 19.0 Å². The summed E-state index contributed by atoms with van der Waals surface area (Å²) in [6.45, 7) is -6.99. The summed E-state index contributed by atoms with van der Waals surface area (Å²) in [5.41, 5.74) is 4.29. The number of hydrogen-bond donors (Lipinski definition) is 4. The van der Waals surface area contributed by atoms with E-state index in [2.05, 4.69) is 4.74 Å². The van der Waals surface area contributed by atoms with Crippen molar-refractivity contribution in [3.05, 3.63) is 23.7 Å². The third-order valence-electron chi connectivity index (χ3n) is 1.74. The fraction of sp³-hybridized carbons (Fsp3) is 0.364. The van der Waals surface area contributed by atoms with Crippen LogP contribution in [0, 0.1) is 0 Å². The summed E-state index contributed by atoms with van der Waals surface area (Å²) >= 11 is 0. The second kappa shape index (κ2) is 5.51. The summed E-state index contributed by atoms with van der Waals surface area (Å²) in [5.74, 6) is -4.41. The van der Waals surface area contributed by atoms with E-state index in [1.807, 2.05) is 0 Å². The predicted octanol–water partition coefficient (Wildman–Crippen LogP) is 0.0216. The second-order valence-electron chi connectivity index (χ2n) is 2.84. The molecule has 0 radical (unpaired) electrons. The first-order valence-corrected chi connectivity index (χ1v) is 4.18. The van der Waals surface area contributed by atoms with E-state index >= 15 is 0 Å². The zero-order valence-corrected chi connectivity index (χ0v) is 8.31. The van der Waals surface area contributed by atoms with Crippen molar-refractivity contribution in [3.63, 3.8) is 0 Å². The second-order valence-corrected chi connectivity index (χ2v) is 2.84. The fourth-order valence-electron chi connectivity index (χ4n) is 0.913. The first-order valence-electron chi connectivity index (χ1n) is 8.68. The number of nitrogens with two attached hydrogens (primary N) is 1. The lowest BCUT2D eigenvalue weighted by molar-refractivity contribution is -0.147. The Morgan fingerprint density at radius 1 is 1.71 bits per heavy atom. The number of benzene rings is 1. The van der Waals surface area contributed by atoms with Gasteiger partial charge in [-0.3, -0.25) is 4.79 Å². The quantitative estimate of drug-likeness (QED) is 0.442. The minimum Gasteiger partial charge on any atom is -0.504 e. The van der Waals surface area contributed by atoms with Crippen LogP contribution in [-0.4, -0.2) is 33.9 Å². The Hall–Kier alpha value is -1.79. The van der Waals surface area contributed by atoms with Crippen LogP contribution in [0.15, 0.2) is 18.1 Å². The molecule has 17 heavy (non-hydrogen) atoms. The van der Waals surface area contributed by atoms with Crippen LogP contribution in [-0.2, 0) is 9.53 Å². The molecular formula is C11H15NO5. The van der Waals surface area contributed by atoms with Gasteiger partial charge in [-0.05, 0) is 24.5 Å². The van der Waals surface area contributed by atoms with Crippen LogP contribution in [0.25, 0.3) is 0 Å². The normalized spacial score (nSPS) is 25.2. The molecule has 1 aromatic carbocycles. The number of aliphatic hydroxyl groups excluding tert-OH is 1. The molecule has 1 aromatic rings. The van der Waals surface area contributed by atoms with Crippen molar-refractivity contribution in [2.24, 2.45) is 5.73 Å². The molecule has 6 heteroatoms. The summed E-state index contributed by atoms with van der Waals surface area (Å²) in [6, 6.07) is -6.48. The Balaban J connectivity index is 3.36. The van der Waals surface area contributed by atoms with E-state index < -0.39 is 66.7 Å². The van der Waals surface area contributed by atoms with E-state index in [1.165, 1.54) is 0 Å². The van der Waals surface area contributed by atoms with Crippen molar-refractivity contribution in [3.8, 4) is 11.5 Å². The van der Waals surface area contributed by atoms with Gasteiger partial charge < -0.3 is 25.8 Å². The molecule has 0 aliphatic rings. The number of hydrogen-bond acceptors (Lipinski definition) is 6. The van der Waals surface area contributed by atoms with E-state index in [1.54, 1.807) is 0 Å². The van der Waals surface area contributed by atoms with E-state index in [4.69, 9.17) is 18.1 Å². The first-order chi connectivity index (χ1) is 11.5. The predicted molar refractivity (Wildman–Crippen MR) is 59.3 cm³/mol. The SMILES string of the molecule is [2H]c1c([2H])c(C(O)C([2H])(N)C(=O)OC([2H])([2H])C([2H])([2H])[2H])c([2H])c(O)c1O. The number of carbonyl (C=O) groups is 1. The maximum absolute atomic E-state index is 11.9. The van der Waals surface area contributed by atoms with Gasteiger partial charge in [0, 0.05) is 4.11 Å². The number of esters is 1. The van der Waals surface area contributed by atoms with E-state index in [-0.39, 0.29) is 0 Å². The number of aliphatic hydroxyl groups is 1. The number of aromatic hydroxyl groups is 2. The number of phenolic OH excluding ortho intramolecular Hbond substituents is 2. The van der Waals surface area contributed by atoms with Gasteiger partial charge in [0.1, 0.15) is 12.1 Å². The van der Waals surface area contributed by atoms with Crippen LogP contribution < -0.4 is 5.73 Å². The molecule has 1 rings (SSSR count). The number of ether oxygens (including phenoxy) is 1. The maximum Gasteiger partial charge on any atom is 0.325 e. The monoisotopic (exact) mass is 250 g/mol. The summed E-state index contributed by atoms with van der Waals surface area (Å²) in [4.78, 5) is 11.9. The number of rotatable bonds is 4. The topological polar surface area (TPSA) is 113 Å². The average molecular weight is 250 g/mol. The lowest BCUT2D eigenvalue weighted by Crippen LogP contribution is -2.38. The molecule has 0 amide bonds. The van der Waals surface area contributed by atoms with Crippen molar-refractivity contribution >= 4 is 5.97 Å². The molecule has 2 atom stereocenters. The molecule has 0 heterocycles. The van der Waals surface area contributed by atoms with Crippen LogP contribution in [0.4, 0.5) is 0 Å². The third kappa shape index (κ3) is 3.08. The first kappa shape index (κ1) is 5.24. The maximum atomic E-state index is 11.9. The zero-order valence-electron chi connectivity index (χ0n) is 17.3. The van der Waals surface area contributed by atoms with Gasteiger partial charge in [-0.15, -0.1) is 0 Å². The molecule has 5 N–H and O–H groups in total. The minimum atomic E-state index is -3.55. The Bertz CT molecular complexity index is 705. The van der Waals surface area contributed by atoms with Gasteiger partial charge in [-0.2, -0.15) is 0 Å². The summed E-state index contributed by atoms with van der Waals surface area (Å²) in [5, 5.41) is 29.0. The molecule has 0 saturated heterocycles. The molecule has 2 unspecified atom stereocenters. The van der Waals surface area contributed by atoms with Crippen LogP contribution in [0.1, 0.15) is 30.9 Å². The van der Waals surface area contributed by atoms with Crippen molar-refractivity contribution in [2.75, 3.05) is 6.56 Å². The highest BCUT2D eigenvalue weighted by Crippen LogP contribution is 2.28. The van der Waals surface area contributed by atoms with Crippen molar-refractivity contribution < 1.29 is 37.2 Å². The Morgan fingerprint density at radius 2 is 2.41 bits per heavy atom. The molecular weight excluding hydrogens is 226 g/mol. The highest BCUT2D eigenvalue weighted by atomic mass is 16.5. The van der Waals surface area contributed by atoms with Gasteiger partial charge in [0.15, 0.2) is 11.5 Å². The van der Waals surface area contributed by atoms with Crippen molar-refractivity contribution in [1.29, 1.82) is 0 Å². The third-order valence-corrected chi connectivity index (χ3v) is 1.74. The number of carbonyl (C=O) groups excluding carboxylic acids is 1. The van der Waals surface area contributed by atoms with Crippen LogP contribution in [0.2, 0.25) is 0 Å². The summed E-state index contributed by atoms with van der Waals surface area (Å²) < 4.78 is 69.5. The Morgan fingerprint density at radius 3 is 3.06 bits per heavy atom. The molecule has 0 aliphatic heterocycles. The van der Waals surface area contributed by atoms with Gasteiger partial charge in [0.05, 0.1) is 14.8 Å². The van der Waals surface area contributed by atoms with E-state index in [0.717, 1.165) is 0 Å². The van der Waals surface area contributed by atoms with Gasteiger partial charge in [-0.25, -0.2) is 0 Å². The minimum absolute atomic E-state index is 0.991. The molecule has 0 bridgehead atoms. The van der Waals surface area contributed by atoms with E-state index in [9.17, 15) is 20.1 Å². The Kier molecular flexibility index (Phi) is 1.70. The summed E-state index contributed by atoms with van der Waals surface area (Å²) in [7, 11) is 0. The van der Waals surface area contributed by atoms with Gasteiger partial charge in [0.25, 0.3) is 0 Å². The van der Waals surface area contributed by atoms with Gasteiger partial charge >= 0.3 is 5.97 Å². The highest BCUT2D eigenvalue weighted by molar-refractivity contribution is 5.76. The van der Waals surface area contributed by atoms with Gasteiger partial charge in [0.2, 0.25) is 0 Å². The summed E-state index contributed by atoms with van der Waals surface area (Å²) in [6.07, 6.45) is -2.60. The van der Waals surface area contributed by atoms with E-state index in [0.29, 0.717) is 0 Å². The lowest BCUT2D eigenvalue weighted by Gasteiger charge is -2.17. The fourth-order valence-corrected chi connectivity index (χ4v) is 0.913.